The van der Waals surface area contributed by atoms with E-state index in [2.05, 4.69) is 10.6 Å². The number of nitrogens with two attached hydrogens (primary N) is 6. The average Bonchev–Trinajstić information content (AvgIpc) is 2.57. The van der Waals surface area contributed by atoms with Crippen molar-refractivity contribution in [3.63, 3.8) is 0 Å². The Labute approximate surface area is 518 Å². The molecule has 0 bridgehead atoms. The van der Waals surface area contributed by atoms with Crippen LogP contribution in [0.2, 0.25) is 0 Å². The molecule has 9 amide bonds. The Bertz CT molecular complexity index is 2960. The minimum absolute atomic E-state index is 0.0168. The maximum absolute atomic E-state index is 14.3. The van der Waals surface area contributed by atoms with Crippen LogP contribution in [0.4, 0.5) is 0 Å². The second-order valence-corrected chi connectivity index (χ2v) is 22.7. The Morgan fingerprint density at radius 1 is 0.573 bits per heavy atom. The Morgan fingerprint density at radius 3 is 1.52 bits per heavy atom. The number of sulfonamides is 1. The van der Waals surface area contributed by atoms with E-state index in [1.54, 1.807) is 6.92 Å². The van der Waals surface area contributed by atoms with E-state index >= 15 is 0 Å². The first-order chi connectivity index (χ1) is 42.2. The first-order valence-electron chi connectivity index (χ1n) is 28.0. The van der Waals surface area contributed by atoms with Crippen molar-refractivity contribution >= 4 is 98.3 Å². The standard InChI is InChI=1S/C54H81N15O18S2/c1-3-61-21-46(74)63(18-16-36-4-12-41(13-5-36)89(60,84)85)24-49(77)68(33-57)29-52(80)67(32-56)27-48(76)64(22-37-6-14-43-44(20-37)87-35-86-43)25-47(75)65(30-53(81)82)26-50(78)69(34-58)28-51(79)66(31-55)23-40(72)10-9-38(70)7-8-39(71)11-15-45(73)62-42(54(59)83)17-19-88-2/h4-6,12-14,20,42,61H,3,7-11,15-19,21-35,55-58H2,1-2H3,(H2,59,83)(H,62,73)(H,81,82)(H2,60,84,85). The number of hydrogen-bond acceptors (Lipinski definition) is 23. The van der Waals surface area contributed by atoms with E-state index in [1.165, 1.54) is 59.1 Å². The van der Waals surface area contributed by atoms with Crippen LogP contribution in [0, 0.1) is 0 Å². The molecule has 1 atom stereocenters. The first-order valence-corrected chi connectivity index (χ1v) is 30.9. The lowest BCUT2D eigenvalue weighted by Gasteiger charge is -2.31. The van der Waals surface area contributed by atoms with Crippen LogP contribution in [0.5, 0.6) is 11.5 Å². The van der Waals surface area contributed by atoms with Crippen molar-refractivity contribution in [1.29, 1.82) is 0 Å². The number of hydrogen-bond donors (Lipinski definition) is 9. The van der Waals surface area contributed by atoms with Crippen LogP contribution in [0.15, 0.2) is 47.4 Å². The Hall–Kier alpha value is -8.19. The van der Waals surface area contributed by atoms with Gasteiger partial charge in [0.15, 0.2) is 17.3 Å². The van der Waals surface area contributed by atoms with E-state index in [1.807, 2.05) is 6.26 Å². The maximum atomic E-state index is 14.3. The van der Waals surface area contributed by atoms with Gasteiger partial charge in [0.25, 0.3) is 0 Å². The summed E-state index contributed by atoms with van der Waals surface area (Å²) in [5.41, 5.74) is 29.8. The van der Waals surface area contributed by atoms with Crippen molar-refractivity contribution in [3.8, 4) is 11.5 Å². The molecular formula is C54H81N15O18S2. The van der Waals surface area contributed by atoms with Crippen LogP contribution in [0.3, 0.4) is 0 Å². The van der Waals surface area contributed by atoms with Crippen molar-refractivity contribution in [2.45, 2.75) is 75.8 Å². The van der Waals surface area contributed by atoms with Crippen molar-refractivity contribution < 1.29 is 85.3 Å². The van der Waals surface area contributed by atoms with E-state index in [-0.39, 0.29) is 82.0 Å². The van der Waals surface area contributed by atoms with E-state index < -0.39 is 172 Å². The highest BCUT2D eigenvalue weighted by molar-refractivity contribution is 7.98. The number of carboxylic acids is 1. The van der Waals surface area contributed by atoms with Gasteiger partial charge in [0.1, 0.15) is 56.9 Å². The molecule has 0 radical (unpaired) electrons. The highest BCUT2D eigenvalue weighted by atomic mass is 32.2. The molecule has 0 aliphatic carbocycles. The molecule has 0 spiro atoms. The van der Waals surface area contributed by atoms with Gasteiger partial charge in [0.2, 0.25) is 70.0 Å². The molecule has 2 aromatic rings. The number of benzene rings is 2. The van der Waals surface area contributed by atoms with Crippen molar-refractivity contribution in [1.82, 2.24) is 44.9 Å². The fraction of sp³-hybridized carbons (Fsp3) is 0.537. The summed E-state index contributed by atoms with van der Waals surface area (Å²) in [7, 11) is -3.97. The number of primary amides is 1. The van der Waals surface area contributed by atoms with Gasteiger partial charge >= 0.3 is 5.97 Å². The molecule has 0 saturated heterocycles. The number of Topliss-reactive ketones (excluding diaryl/α,β-unsaturated/α-hetero) is 3. The molecule has 33 nitrogen and oxygen atoms in total. The number of carboxylic acid groups (broad SMARTS) is 1. The number of primary sulfonamides is 1. The van der Waals surface area contributed by atoms with Crippen LogP contribution in [0.1, 0.15) is 63.0 Å². The van der Waals surface area contributed by atoms with E-state index in [9.17, 15) is 75.9 Å². The smallest absolute Gasteiger partial charge is 0.323 e. The summed E-state index contributed by atoms with van der Waals surface area (Å²) >= 11 is 1.46. The van der Waals surface area contributed by atoms with Gasteiger partial charge in [-0.1, -0.05) is 25.1 Å². The van der Waals surface area contributed by atoms with Gasteiger partial charge in [0.05, 0.1) is 51.2 Å². The molecule has 35 heteroatoms. The number of fused-ring (bicyclic) bond motifs is 1. The molecule has 0 fully saturated rings. The largest absolute Gasteiger partial charge is 0.480 e. The monoisotopic (exact) mass is 1290 g/mol. The summed E-state index contributed by atoms with van der Waals surface area (Å²) in [5.74, 6) is -9.24. The lowest BCUT2D eigenvalue weighted by atomic mass is 10.0. The second kappa shape index (κ2) is 38.3. The molecule has 492 valence electrons. The zero-order valence-electron chi connectivity index (χ0n) is 49.8. The summed E-state index contributed by atoms with van der Waals surface area (Å²) in [6, 6.07) is 9.28. The number of thioether (sulfide) groups is 1. The molecule has 89 heavy (non-hydrogen) atoms. The number of carbonyl (C=O) groups is 13. The third kappa shape index (κ3) is 26.6. The number of rotatable bonds is 43. The summed E-state index contributed by atoms with van der Waals surface area (Å²) in [5, 5.41) is 20.5. The number of ketones is 3. The normalized spacial score (nSPS) is 11.8. The van der Waals surface area contributed by atoms with Crippen molar-refractivity contribution in [3.05, 3.63) is 53.6 Å². The van der Waals surface area contributed by atoms with Gasteiger partial charge in [-0.15, -0.1) is 0 Å². The Morgan fingerprint density at radius 2 is 1.02 bits per heavy atom. The summed E-state index contributed by atoms with van der Waals surface area (Å²) < 4.78 is 34.3. The van der Waals surface area contributed by atoms with Gasteiger partial charge in [-0.3, -0.25) is 62.3 Å². The van der Waals surface area contributed by atoms with Crippen LogP contribution in [-0.2, 0) is 85.3 Å². The number of ether oxygens (including phenoxy) is 2. The van der Waals surface area contributed by atoms with Gasteiger partial charge in [-0.05, 0) is 66.8 Å². The van der Waals surface area contributed by atoms with Crippen molar-refractivity contribution in [2.24, 2.45) is 33.8 Å². The molecule has 1 heterocycles. The topological polar surface area (TPSA) is 498 Å². The van der Waals surface area contributed by atoms with Gasteiger partial charge in [-0.25, -0.2) is 13.6 Å². The number of nitrogens with zero attached hydrogens (tertiary/aromatic N) is 7. The predicted octanol–water partition coefficient (Wildman–Crippen LogP) is -5.26. The third-order valence-electron chi connectivity index (χ3n) is 13.5. The first kappa shape index (κ1) is 75.1. The van der Waals surface area contributed by atoms with Gasteiger partial charge in [-0.2, -0.15) is 11.8 Å². The average molecular weight is 1290 g/mol. The molecular weight excluding hydrogens is 1210 g/mol. The highest BCUT2D eigenvalue weighted by Gasteiger charge is 2.31. The quantitative estimate of drug-likeness (QED) is 0.0280. The molecule has 1 aliphatic rings. The molecule has 2 aromatic carbocycles. The predicted molar refractivity (Wildman–Crippen MR) is 319 cm³/mol. The summed E-state index contributed by atoms with van der Waals surface area (Å²) in [6.07, 6.45) is 0.792. The number of likely N-dealkylation sites (N-methyl/N-ethyl adjacent to an activating group) is 1. The fourth-order valence-electron chi connectivity index (χ4n) is 8.37. The summed E-state index contributed by atoms with van der Waals surface area (Å²) in [4.78, 5) is 176. The highest BCUT2D eigenvalue weighted by Crippen LogP contribution is 2.33. The van der Waals surface area contributed by atoms with E-state index in [0.29, 0.717) is 40.5 Å². The zero-order chi connectivity index (χ0) is 66.4. The second-order valence-electron chi connectivity index (χ2n) is 20.1. The zero-order valence-corrected chi connectivity index (χ0v) is 51.4. The number of carbonyl (C=O) groups excluding carboxylic acids is 12. The molecule has 3 rings (SSSR count). The van der Waals surface area contributed by atoms with Crippen LogP contribution in [0.25, 0.3) is 0 Å². The Kier molecular flexibility index (Phi) is 32.3. The lowest BCUT2D eigenvalue weighted by molar-refractivity contribution is -0.151. The van der Waals surface area contributed by atoms with Crippen molar-refractivity contribution in [2.75, 3.05) is 117 Å². The minimum atomic E-state index is -3.97. The molecule has 1 aliphatic heterocycles. The summed E-state index contributed by atoms with van der Waals surface area (Å²) in [6.45, 7) is -7.35. The SMILES string of the molecule is CCNCC(=O)N(CCc1ccc(S(N)(=O)=O)cc1)CC(=O)N(CN)CC(=O)N(CN)CC(=O)N(CC(=O)N(CC(=O)O)CC(=O)N(CN)CC(=O)N(CN)CC(=O)CCC(=O)CCC(=O)CCC(=O)NC(CCSC)C(N)=O)Cc1ccc2c(c1)OCO2. The third-order valence-corrected chi connectivity index (χ3v) is 15.1. The molecule has 0 aromatic heterocycles. The fourth-order valence-corrected chi connectivity index (χ4v) is 9.36. The van der Waals surface area contributed by atoms with E-state index in [0.717, 1.165) is 24.5 Å². The number of nitrogens with one attached hydrogen (secondary N) is 2. The molecule has 1 unspecified atom stereocenters. The van der Waals surface area contributed by atoms with Gasteiger partial charge < -0.3 is 88.2 Å². The molecule has 15 N–H and O–H groups in total. The van der Waals surface area contributed by atoms with E-state index in [4.69, 9.17) is 43.3 Å². The van der Waals surface area contributed by atoms with Crippen LogP contribution < -0.4 is 53.9 Å². The van der Waals surface area contributed by atoms with Gasteiger partial charge in [0, 0.05) is 51.6 Å². The Balaban J connectivity index is 1.69. The van der Waals surface area contributed by atoms with Crippen LogP contribution in [-0.4, -0.2) is 248 Å². The lowest BCUT2D eigenvalue weighted by Crippen LogP contribution is -2.54. The molecule has 0 saturated carbocycles. The number of aliphatic carboxylic acids is 1. The van der Waals surface area contributed by atoms with Crippen LogP contribution >= 0.6 is 11.8 Å². The number of amides is 9. The maximum Gasteiger partial charge on any atom is 0.323 e. The minimum Gasteiger partial charge on any atom is -0.480 e.